The van der Waals surface area contributed by atoms with Gasteiger partial charge >= 0.3 is 0 Å². The van der Waals surface area contributed by atoms with Crippen LogP contribution >= 0.6 is 0 Å². The number of benzene rings is 2. The van der Waals surface area contributed by atoms with Gasteiger partial charge in [0.1, 0.15) is 6.04 Å². The average Bonchev–Trinajstić information content (AvgIpc) is 2.56. The van der Waals surface area contributed by atoms with Crippen LogP contribution in [-0.4, -0.2) is 29.3 Å². The van der Waals surface area contributed by atoms with Crippen molar-refractivity contribution in [2.45, 2.75) is 19.0 Å². The zero-order valence-corrected chi connectivity index (χ0v) is 12.8. The SMILES string of the molecule is O=C1CN(Cc2ccccc2)C(=O)[C@@H](Cc2ccc(F)c(F)c2)N1. The summed E-state index contributed by atoms with van der Waals surface area (Å²) in [6.07, 6.45) is 0.118. The molecule has 3 rings (SSSR count). The van der Waals surface area contributed by atoms with E-state index < -0.39 is 17.7 Å². The Morgan fingerprint density at radius 1 is 1.00 bits per heavy atom. The first-order valence-electron chi connectivity index (χ1n) is 7.59. The molecule has 1 aliphatic rings. The molecule has 6 heteroatoms. The van der Waals surface area contributed by atoms with Crippen molar-refractivity contribution in [3.05, 3.63) is 71.3 Å². The van der Waals surface area contributed by atoms with Crippen LogP contribution in [0.4, 0.5) is 8.78 Å². The topological polar surface area (TPSA) is 49.4 Å². The Labute approximate surface area is 138 Å². The Hall–Kier alpha value is -2.76. The Morgan fingerprint density at radius 2 is 1.75 bits per heavy atom. The van der Waals surface area contributed by atoms with E-state index in [0.717, 1.165) is 17.7 Å². The van der Waals surface area contributed by atoms with E-state index in [1.165, 1.54) is 11.0 Å². The van der Waals surface area contributed by atoms with Gasteiger partial charge in [-0.25, -0.2) is 8.78 Å². The predicted molar refractivity (Wildman–Crippen MR) is 83.9 cm³/mol. The molecule has 1 heterocycles. The minimum absolute atomic E-state index is 0.0119. The lowest BCUT2D eigenvalue weighted by Gasteiger charge is -2.32. The van der Waals surface area contributed by atoms with Gasteiger partial charge in [0.15, 0.2) is 11.6 Å². The quantitative estimate of drug-likeness (QED) is 0.933. The number of nitrogens with one attached hydrogen (secondary N) is 1. The van der Waals surface area contributed by atoms with Crippen LogP contribution in [0.15, 0.2) is 48.5 Å². The lowest BCUT2D eigenvalue weighted by atomic mass is 10.0. The molecule has 124 valence electrons. The summed E-state index contributed by atoms with van der Waals surface area (Å²) in [7, 11) is 0. The Morgan fingerprint density at radius 3 is 2.46 bits per heavy atom. The van der Waals surface area contributed by atoms with Crippen molar-refractivity contribution in [3.8, 4) is 0 Å². The lowest BCUT2D eigenvalue weighted by molar-refractivity contribution is -0.144. The molecule has 0 aromatic heterocycles. The van der Waals surface area contributed by atoms with Crippen LogP contribution in [0, 0.1) is 11.6 Å². The molecule has 2 amide bonds. The molecule has 0 bridgehead atoms. The van der Waals surface area contributed by atoms with Crippen molar-refractivity contribution in [1.29, 1.82) is 0 Å². The van der Waals surface area contributed by atoms with E-state index in [9.17, 15) is 18.4 Å². The van der Waals surface area contributed by atoms with Crippen LogP contribution < -0.4 is 5.32 Å². The number of nitrogens with zero attached hydrogens (tertiary/aromatic N) is 1. The highest BCUT2D eigenvalue weighted by atomic mass is 19.2. The Balaban J connectivity index is 1.74. The van der Waals surface area contributed by atoms with Crippen LogP contribution in [0.5, 0.6) is 0 Å². The molecule has 1 fully saturated rings. The highest BCUT2D eigenvalue weighted by Crippen LogP contribution is 2.15. The lowest BCUT2D eigenvalue weighted by Crippen LogP contribution is -2.58. The summed E-state index contributed by atoms with van der Waals surface area (Å²) in [5, 5.41) is 2.62. The molecule has 0 radical (unpaired) electrons. The normalized spacial score (nSPS) is 17.8. The van der Waals surface area contributed by atoms with E-state index in [1.807, 2.05) is 30.3 Å². The van der Waals surface area contributed by atoms with Gasteiger partial charge in [-0.2, -0.15) is 0 Å². The molecule has 24 heavy (non-hydrogen) atoms. The van der Waals surface area contributed by atoms with Gasteiger partial charge in [-0.15, -0.1) is 0 Å². The zero-order valence-electron chi connectivity index (χ0n) is 12.8. The van der Waals surface area contributed by atoms with E-state index >= 15 is 0 Å². The summed E-state index contributed by atoms with van der Waals surface area (Å²) < 4.78 is 26.3. The predicted octanol–water partition coefficient (Wildman–Crippen LogP) is 2.03. The van der Waals surface area contributed by atoms with E-state index in [-0.39, 0.29) is 24.8 Å². The third-order valence-electron chi connectivity index (χ3n) is 3.92. The summed E-state index contributed by atoms with van der Waals surface area (Å²) >= 11 is 0. The second-order valence-corrected chi connectivity index (χ2v) is 5.75. The summed E-state index contributed by atoms with van der Waals surface area (Å²) in [4.78, 5) is 25.9. The van der Waals surface area contributed by atoms with Crippen molar-refractivity contribution >= 4 is 11.8 Å². The number of amides is 2. The molecule has 0 unspecified atom stereocenters. The van der Waals surface area contributed by atoms with Crippen LogP contribution in [-0.2, 0) is 22.6 Å². The van der Waals surface area contributed by atoms with Crippen LogP contribution in [0.3, 0.4) is 0 Å². The monoisotopic (exact) mass is 330 g/mol. The first-order chi connectivity index (χ1) is 11.5. The van der Waals surface area contributed by atoms with E-state index in [4.69, 9.17) is 0 Å². The highest BCUT2D eigenvalue weighted by Gasteiger charge is 2.32. The maximum absolute atomic E-state index is 13.3. The van der Waals surface area contributed by atoms with Crippen molar-refractivity contribution < 1.29 is 18.4 Å². The summed E-state index contributed by atoms with van der Waals surface area (Å²) in [6, 6.07) is 12.1. The number of piperazine rings is 1. The average molecular weight is 330 g/mol. The molecule has 1 atom stereocenters. The fourth-order valence-corrected chi connectivity index (χ4v) is 2.75. The van der Waals surface area contributed by atoms with Gasteiger partial charge in [0, 0.05) is 13.0 Å². The third-order valence-corrected chi connectivity index (χ3v) is 3.92. The van der Waals surface area contributed by atoms with Crippen LogP contribution in [0.25, 0.3) is 0 Å². The highest BCUT2D eigenvalue weighted by molar-refractivity contribution is 5.95. The second kappa shape index (κ2) is 6.78. The number of carbonyl (C=O) groups excluding carboxylic acids is 2. The molecular weight excluding hydrogens is 314 g/mol. The van der Waals surface area contributed by atoms with Crippen LogP contribution in [0.1, 0.15) is 11.1 Å². The largest absolute Gasteiger partial charge is 0.342 e. The molecule has 1 saturated heterocycles. The maximum atomic E-state index is 13.3. The van der Waals surface area contributed by atoms with Crippen molar-refractivity contribution in [1.82, 2.24) is 10.2 Å². The molecule has 0 aliphatic carbocycles. The Kier molecular flexibility index (Phi) is 4.55. The van der Waals surface area contributed by atoms with Gasteiger partial charge in [0.25, 0.3) is 0 Å². The number of halogens is 2. The second-order valence-electron chi connectivity index (χ2n) is 5.75. The summed E-state index contributed by atoms with van der Waals surface area (Å²) in [5.41, 5.74) is 1.38. The molecule has 1 aliphatic heterocycles. The minimum atomic E-state index is -0.969. The molecule has 1 N–H and O–H groups in total. The van der Waals surface area contributed by atoms with E-state index in [0.29, 0.717) is 12.1 Å². The van der Waals surface area contributed by atoms with E-state index in [1.54, 1.807) is 0 Å². The molecule has 0 spiro atoms. The fourth-order valence-electron chi connectivity index (χ4n) is 2.75. The smallest absolute Gasteiger partial charge is 0.246 e. The Bertz CT molecular complexity index is 765. The van der Waals surface area contributed by atoms with Gasteiger partial charge in [-0.3, -0.25) is 9.59 Å². The molecule has 0 saturated carbocycles. The zero-order chi connectivity index (χ0) is 17.1. The fraction of sp³-hybridized carbons (Fsp3) is 0.222. The molecule has 2 aromatic rings. The van der Waals surface area contributed by atoms with Gasteiger partial charge < -0.3 is 10.2 Å². The number of hydrogen-bond donors (Lipinski definition) is 1. The summed E-state index contributed by atoms with van der Waals surface area (Å²) in [5.74, 6) is -2.41. The molecule has 4 nitrogen and oxygen atoms in total. The number of hydrogen-bond acceptors (Lipinski definition) is 2. The number of carbonyl (C=O) groups is 2. The minimum Gasteiger partial charge on any atom is -0.342 e. The first kappa shape index (κ1) is 16.1. The van der Waals surface area contributed by atoms with Crippen LogP contribution in [0.2, 0.25) is 0 Å². The van der Waals surface area contributed by atoms with Crippen molar-refractivity contribution in [2.24, 2.45) is 0 Å². The standard InChI is InChI=1S/C18H16F2N2O2/c19-14-7-6-13(8-15(14)20)9-16-18(24)22(11-17(23)21-16)10-12-4-2-1-3-5-12/h1-8,16H,9-11H2,(H,21,23)/t16-/m1/s1. The number of rotatable bonds is 4. The molecular formula is C18H16F2N2O2. The molecule has 2 aromatic carbocycles. The first-order valence-corrected chi connectivity index (χ1v) is 7.59. The van der Waals surface area contributed by atoms with Gasteiger partial charge in [-0.1, -0.05) is 36.4 Å². The van der Waals surface area contributed by atoms with Crippen molar-refractivity contribution in [2.75, 3.05) is 6.54 Å². The summed E-state index contributed by atoms with van der Waals surface area (Å²) in [6.45, 7) is 0.323. The third kappa shape index (κ3) is 3.59. The van der Waals surface area contributed by atoms with Gasteiger partial charge in [0.2, 0.25) is 11.8 Å². The maximum Gasteiger partial charge on any atom is 0.246 e. The van der Waals surface area contributed by atoms with Gasteiger partial charge in [-0.05, 0) is 23.3 Å². The van der Waals surface area contributed by atoms with Crippen molar-refractivity contribution in [3.63, 3.8) is 0 Å². The van der Waals surface area contributed by atoms with Gasteiger partial charge in [0.05, 0.1) is 6.54 Å². The van der Waals surface area contributed by atoms with E-state index in [2.05, 4.69) is 5.32 Å².